The van der Waals surface area contributed by atoms with Gasteiger partial charge >= 0.3 is 0 Å². The van der Waals surface area contributed by atoms with Crippen molar-refractivity contribution in [2.24, 2.45) is 5.92 Å². The Labute approximate surface area is 123 Å². The smallest absolute Gasteiger partial charge is 0.0909 e. The maximum absolute atomic E-state index is 11.1. The fourth-order valence-electron chi connectivity index (χ4n) is 3.24. The third-order valence-corrected chi connectivity index (χ3v) is 4.46. The van der Waals surface area contributed by atoms with Crippen molar-refractivity contribution >= 4 is 0 Å². The third kappa shape index (κ3) is 3.83. The van der Waals surface area contributed by atoms with Crippen molar-refractivity contribution in [3.05, 3.63) is 35.4 Å². The van der Waals surface area contributed by atoms with Gasteiger partial charge in [0.15, 0.2) is 0 Å². The SMILES string of the molecule is CCN1CCCC(O)(c2cccc(CC(C)C)c2)CC1. The summed E-state index contributed by atoms with van der Waals surface area (Å²) in [6, 6.07) is 8.61. The van der Waals surface area contributed by atoms with Gasteiger partial charge in [0.2, 0.25) is 0 Å². The molecular formula is C18H29NO. The van der Waals surface area contributed by atoms with Crippen LogP contribution in [0.1, 0.15) is 51.2 Å². The highest BCUT2D eigenvalue weighted by Gasteiger charge is 2.31. The standard InChI is InChI=1S/C18H29NO/c1-4-19-11-6-9-18(20,10-12-19)17-8-5-7-16(14-17)13-15(2)3/h5,7-8,14-15,20H,4,6,9-13H2,1-3H3. The number of hydrogen-bond acceptors (Lipinski definition) is 2. The molecule has 1 saturated heterocycles. The molecule has 0 aromatic heterocycles. The van der Waals surface area contributed by atoms with Gasteiger partial charge in [-0.15, -0.1) is 0 Å². The molecule has 112 valence electrons. The number of benzene rings is 1. The Morgan fingerprint density at radius 1 is 1.25 bits per heavy atom. The summed E-state index contributed by atoms with van der Waals surface area (Å²) in [5.41, 5.74) is 1.84. The molecule has 0 bridgehead atoms. The minimum atomic E-state index is -0.628. The Morgan fingerprint density at radius 2 is 2.05 bits per heavy atom. The van der Waals surface area contributed by atoms with E-state index in [2.05, 4.69) is 49.9 Å². The lowest BCUT2D eigenvalue weighted by atomic mass is 9.85. The lowest BCUT2D eigenvalue weighted by Crippen LogP contribution is -2.29. The highest BCUT2D eigenvalue weighted by molar-refractivity contribution is 5.29. The molecule has 1 aliphatic heterocycles. The summed E-state index contributed by atoms with van der Waals surface area (Å²) in [6.45, 7) is 9.89. The van der Waals surface area contributed by atoms with E-state index in [0.29, 0.717) is 5.92 Å². The van der Waals surface area contributed by atoms with E-state index in [1.807, 2.05) is 0 Å². The molecule has 20 heavy (non-hydrogen) atoms. The number of likely N-dealkylation sites (tertiary alicyclic amines) is 1. The van der Waals surface area contributed by atoms with E-state index >= 15 is 0 Å². The van der Waals surface area contributed by atoms with Gasteiger partial charge in [0.1, 0.15) is 0 Å². The molecule has 1 aromatic rings. The summed E-state index contributed by atoms with van der Waals surface area (Å²) in [6.07, 6.45) is 3.91. The Kier molecular flexibility index (Phi) is 5.22. The van der Waals surface area contributed by atoms with Crippen LogP contribution in [0.5, 0.6) is 0 Å². The summed E-state index contributed by atoms with van der Waals surface area (Å²) >= 11 is 0. The monoisotopic (exact) mass is 275 g/mol. The van der Waals surface area contributed by atoms with Crippen LogP contribution in [0.4, 0.5) is 0 Å². The molecule has 0 aliphatic carbocycles. The summed E-state index contributed by atoms with van der Waals surface area (Å²) in [5, 5.41) is 11.1. The second-order valence-corrected chi connectivity index (χ2v) is 6.62. The van der Waals surface area contributed by atoms with Crippen molar-refractivity contribution in [1.29, 1.82) is 0 Å². The zero-order valence-corrected chi connectivity index (χ0v) is 13.2. The van der Waals surface area contributed by atoms with Crippen molar-refractivity contribution in [3.63, 3.8) is 0 Å². The molecular weight excluding hydrogens is 246 g/mol. The molecule has 2 rings (SSSR count). The van der Waals surface area contributed by atoms with Gasteiger partial charge in [-0.25, -0.2) is 0 Å². The second kappa shape index (κ2) is 6.73. The number of hydrogen-bond donors (Lipinski definition) is 1. The normalized spacial score (nSPS) is 24.9. The summed E-state index contributed by atoms with van der Waals surface area (Å²) in [4.78, 5) is 2.44. The molecule has 1 aliphatic rings. The van der Waals surface area contributed by atoms with E-state index in [1.54, 1.807) is 0 Å². The highest BCUT2D eigenvalue weighted by Crippen LogP contribution is 2.33. The van der Waals surface area contributed by atoms with Crippen molar-refractivity contribution in [1.82, 2.24) is 4.90 Å². The Hall–Kier alpha value is -0.860. The summed E-state index contributed by atoms with van der Waals surface area (Å²) in [7, 11) is 0. The Bertz CT molecular complexity index is 429. The fraction of sp³-hybridized carbons (Fsp3) is 0.667. The van der Waals surface area contributed by atoms with Crippen LogP contribution in [0.25, 0.3) is 0 Å². The first-order valence-corrected chi connectivity index (χ1v) is 8.07. The van der Waals surface area contributed by atoms with Crippen LogP contribution in [0, 0.1) is 5.92 Å². The van der Waals surface area contributed by atoms with E-state index in [0.717, 1.165) is 50.9 Å². The van der Waals surface area contributed by atoms with Crippen LogP contribution in [0.15, 0.2) is 24.3 Å². The quantitative estimate of drug-likeness (QED) is 0.908. The maximum Gasteiger partial charge on any atom is 0.0909 e. The van der Waals surface area contributed by atoms with E-state index < -0.39 is 5.60 Å². The van der Waals surface area contributed by atoms with Gasteiger partial charge in [-0.1, -0.05) is 45.0 Å². The molecule has 1 atom stereocenters. The largest absolute Gasteiger partial charge is 0.385 e. The summed E-state index contributed by atoms with van der Waals surface area (Å²) < 4.78 is 0. The number of nitrogens with zero attached hydrogens (tertiary/aromatic N) is 1. The Balaban J connectivity index is 2.16. The van der Waals surface area contributed by atoms with E-state index in [9.17, 15) is 5.11 Å². The first-order chi connectivity index (χ1) is 9.53. The van der Waals surface area contributed by atoms with Crippen molar-refractivity contribution in [2.75, 3.05) is 19.6 Å². The average Bonchev–Trinajstić information content (AvgIpc) is 2.61. The molecule has 0 amide bonds. The maximum atomic E-state index is 11.1. The van der Waals surface area contributed by atoms with Gasteiger partial charge in [0, 0.05) is 6.54 Å². The predicted molar refractivity (Wildman–Crippen MR) is 84.8 cm³/mol. The minimum absolute atomic E-state index is 0.628. The minimum Gasteiger partial charge on any atom is -0.385 e. The molecule has 0 spiro atoms. The molecule has 2 heteroatoms. The van der Waals surface area contributed by atoms with Gasteiger partial charge in [0.25, 0.3) is 0 Å². The zero-order valence-electron chi connectivity index (χ0n) is 13.2. The van der Waals surface area contributed by atoms with Gasteiger partial charge in [-0.3, -0.25) is 0 Å². The number of rotatable bonds is 4. The second-order valence-electron chi connectivity index (χ2n) is 6.62. The highest BCUT2D eigenvalue weighted by atomic mass is 16.3. The fourth-order valence-corrected chi connectivity index (χ4v) is 3.24. The van der Waals surface area contributed by atoms with Gasteiger partial charge < -0.3 is 10.0 Å². The third-order valence-electron chi connectivity index (χ3n) is 4.46. The Morgan fingerprint density at radius 3 is 2.75 bits per heavy atom. The van der Waals surface area contributed by atoms with Crippen LogP contribution < -0.4 is 0 Å². The zero-order chi connectivity index (χ0) is 14.6. The molecule has 1 N–H and O–H groups in total. The van der Waals surface area contributed by atoms with Gasteiger partial charge in [-0.2, -0.15) is 0 Å². The molecule has 0 radical (unpaired) electrons. The van der Waals surface area contributed by atoms with Crippen molar-refractivity contribution in [2.45, 2.75) is 52.1 Å². The van der Waals surface area contributed by atoms with Gasteiger partial charge in [0.05, 0.1) is 5.60 Å². The van der Waals surface area contributed by atoms with E-state index in [4.69, 9.17) is 0 Å². The lowest BCUT2D eigenvalue weighted by molar-refractivity contribution is 0.0213. The van der Waals surface area contributed by atoms with Crippen LogP contribution in [0.3, 0.4) is 0 Å². The van der Waals surface area contributed by atoms with Crippen LogP contribution in [-0.2, 0) is 12.0 Å². The molecule has 1 heterocycles. The molecule has 1 aromatic carbocycles. The summed E-state index contributed by atoms with van der Waals surface area (Å²) in [5.74, 6) is 0.657. The van der Waals surface area contributed by atoms with Crippen LogP contribution in [-0.4, -0.2) is 29.6 Å². The molecule has 0 saturated carbocycles. The molecule has 1 fully saturated rings. The van der Waals surface area contributed by atoms with E-state index in [-0.39, 0.29) is 0 Å². The van der Waals surface area contributed by atoms with Crippen LogP contribution >= 0.6 is 0 Å². The topological polar surface area (TPSA) is 23.5 Å². The van der Waals surface area contributed by atoms with Gasteiger partial charge in [-0.05, 0) is 55.8 Å². The first-order valence-electron chi connectivity index (χ1n) is 8.07. The predicted octanol–water partition coefficient (Wildman–Crippen LogP) is 3.58. The first kappa shape index (κ1) is 15.5. The molecule has 2 nitrogen and oxygen atoms in total. The van der Waals surface area contributed by atoms with Crippen LogP contribution in [0.2, 0.25) is 0 Å². The van der Waals surface area contributed by atoms with Crippen molar-refractivity contribution < 1.29 is 5.11 Å². The van der Waals surface area contributed by atoms with E-state index in [1.165, 1.54) is 5.56 Å². The lowest BCUT2D eigenvalue weighted by Gasteiger charge is -2.28. The number of aliphatic hydroxyl groups is 1. The average molecular weight is 275 g/mol. The molecule has 1 unspecified atom stereocenters. The van der Waals surface area contributed by atoms with Crippen molar-refractivity contribution in [3.8, 4) is 0 Å².